The first-order chi connectivity index (χ1) is 16.5. The number of carbonyl (C=O) groups is 2. The molecule has 3 N–H and O–H groups in total. The number of benzene rings is 2. The van der Waals surface area contributed by atoms with Gasteiger partial charge in [-0.3, -0.25) is 10.1 Å². The molecule has 0 bridgehead atoms. The predicted molar refractivity (Wildman–Crippen MR) is 131 cm³/mol. The molecule has 9 nitrogen and oxygen atoms in total. The summed E-state index contributed by atoms with van der Waals surface area (Å²) in [6, 6.07) is 11.9. The third-order valence-electron chi connectivity index (χ3n) is 5.70. The second-order valence-electron chi connectivity index (χ2n) is 7.94. The van der Waals surface area contributed by atoms with Crippen LogP contribution in [-0.2, 0) is 11.2 Å². The minimum Gasteiger partial charge on any atom is -0.454 e. The molecule has 1 aliphatic heterocycles. The molecule has 0 fully saturated rings. The van der Waals surface area contributed by atoms with Crippen LogP contribution in [0.3, 0.4) is 0 Å². The minimum atomic E-state index is -0.739. The number of para-hydroxylation sites is 1. The summed E-state index contributed by atoms with van der Waals surface area (Å²) < 4.78 is 10.8. The Morgan fingerprint density at radius 2 is 1.85 bits per heavy atom. The Morgan fingerprint density at radius 1 is 1.06 bits per heavy atom. The van der Waals surface area contributed by atoms with Crippen molar-refractivity contribution in [3.05, 3.63) is 48.0 Å². The maximum atomic E-state index is 13.1. The predicted octanol–water partition coefficient (Wildman–Crippen LogP) is 4.67. The average Bonchev–Trinajstić information content (AvgIpc) is 3.51. The van der Waals surface area contributed by atoms with Crippen molar-refractivity contribution >= 4 is 34.1 Å². The number of amides is 3. The van der Waals surface area contributed by atoms with Crippen molar-refractivity contribution in [2.24, 2.45) is 5.92 Å². The number of fused-ring (bicyclic) bond motifs is 1. The molecule has 2 heterocycles. The quantitative estimate of drug-likeness (QED) is 0.431. The van der Waals surface area contributed by atoms with Crippen LogP contribution in [0.15, 0.2) is 42.5 Å². The normalized spacial score (nSPS) is 13.7. The van der Waals surface area contributed by atoms with Crippen molar-refractivity contribution < 1.29 is 19.1 Å². The molecule has 1 aromatic heterocycles. The Balaban J connectivity index is 1.43. The van der Waals surface area contributed by atoms with E-state index in [4.69, 9.17) is 9.47 Å². The number of nitrogens with one attached hydrogen (secondary N) is 3. The maximum absolute atomic E-state index is 13.1. The summed E-state index contributed by atoms with van der Waals surface area (Å²) in [6.45, 7) is 6.10. The van der Waals surface area contributed by atoms with E-state index in [2.05, 4.69) is 26.1 Å². The van der Waals surface area contributed by atoms with Gasteiger partial charge in [0.15, 0.2) is 11.5 Å². The van der Waals surface area contributed by atoms with E-state index < -0.39 is 12.1 Å². The number of nitrogens with zero attached hydrogens (tertiary/aromatic N) is 2. The number of hydrogen-bond donors (Lipinski definition) is 3. The number of carbonyl (C=O) groups excluding carboxylic acids is 2. The lowest BCUT2D eigenvalue weighted by Gasteiger charge is -2.23. The molecular formula is C24H27N5O4S. The summed E-state index contributed by atoms with van der Waals surface area (Å²) in [5, 5.41) is 17.7. The summed E-state index contributed by atoms with van der Waals surface area (Å²) in [5.74, 6) is 0.897. The highest BCUT2D eigenvalue weighted by Gasteiger charge is 2.27. The van der Waals surface area contributed by atoms with Crippen LogP contribution in [0, 0.1) is 5.92 Å². The van der Waals surface area contributed by atoms with Gasteiger partial charge in [-0.1, -0.05) is 56.7 Å². The highest BCUT2D eigenvalue weighted by Crippen LogP contribution is 2.37. The van der Waals surface area contributed by atoms with Gasteiger partial charge < -0.3 is 20.1 Å². The third-order valence-corrected chi connectivity index (χ3v) is 6.59. The number of hydrogen-bond acceptors (Lipinski definition) is 7. The van der Waals surface area contributed by atoms with Crippen molar-refractivity contribution in [2.45, 2.75) is 39.7 Å². The topological polar surface area (TPSA) is 114 Å². The van der Waals surface area contributed by atoms with Crippen LogP contribution >= 0.6 is 11.3 Å². The molecule has 4 rings (SSSR count). The lowest BCUT2D eigenvalue weighted by atomic mass is 9.98. The summed E-state index contributed by atoms with van der Waals surface area (Å²) in [4.78, 5) is 25.8. The largest absolute Gasteiger partial charge is 0.454 e. The van der Waals surface area contributed by atoms with Crippen molar-refractivity contribution in [2.75, 3.05) is 17.4 Å². The number of anilines is 2. The minimum absolute atomic E-state index is 0.0894. The van der Waals surface area contributed by atoms with Gasteiger partial charge in [0.05, 0.1) is 0 Å². The summed E-state index contributed by atoms with van der Waals surface area (Å²) in [5.41, 5.74) is 2.56. The van der Waals surface area contributed by atoms with Crippen LogP contribution in [0.25, 0.3) is 10.6 Å². The third kappa shape index (κ3) is 5.28. The van der Waals surface area contributed by atoms with Crippen LogP contribution in [0.2, 0.25) is 0 Å². The second-order valence-corrected chi connectivity index (χ2v) is 8.92. The Morgan fingerprint density at radius 3 is 2.65 bits per heavy atom. The van der Waals surface area contributed by atoms with Gasteiger partial charge in [0.2, 0.25) is 17.8 Å². The molecule has 0 radical (unpaired) electrons. The second kappa shape index (κ2) is 10.5. The fourth-order valence-electron chi connectivity index (χ4n) is 3.56. The van der Waals surface area contributed by atoms with Gasteiger partial charge in [-0.2, -0.15) is 0 Å². The molecule has 10 heteroatoms. The fraction of sp³-hybridized carbons (Fsp3) is 0.333. The van der Waals surface area contributed by atoms with Gasteiger partial charge in [-0.15, -0.1) is 10.2 Å². The van der Waals surface area contributed by atoms with Crippen LogP contribution in [-0.4, -0.2) is 35.0 Å². The van der Waals surface area contributed by atoms with Gasteiger partial charge in [-0.05, 0) is 42.2 Å². The zero-order valence-electron chi connectivity index (χ0n) is 19.3. The van der Waals surface area contributed by atoms with Crippen molar-refractivity contribution in [1.29, 1.82) is 0 Å². The molecule has 34 heavy (non-hydrogen) atoms. The Bertz CT molecular complexity index is 1180. The van der Waals surface area contributed by atoms with Crippen LogP contribution in [0.1, 0.15) is 32.8 Å². The maximum Gasteiger partial charge on any atom is 0.319 e. The van der Waals surface area contributed by atoms with Gasteiger partial charge in [0.1, 0.15) is 11.0 Å². The van der Waals surface area contributed by atoms with Gasteiger partial charge in [-0.25, -0.2) is 4.79 Å². The first kappa shape index (κ1) is 23.5. The Labute approximate surface area is 201 Å². The SMILES string of the molecule is CCc1ccccc1NC(=O)NC(C(=O)Nc1nnc(-c2ccc3c(c2)OCO3)s1)C(C)CC. The van der Waals surface area contributed by atoms with Crippen LogP contribution in [0.4, 0.5) is 15.6 Å². The fourth-order valence-corrected chi connectivity index (χ4v) is 4.30. The van der Waals surface area contributed by atoms with E-state index in [1.54, 1.807) is 0 Å². The van der Waals surface area contributed by atoms with Crippen molar-refractivity contribution in [1.82, 2.24) is 15.5 Å². The smallest absolute Gasteiger partial charge is 0.319 e. The van der Waals surface area contributed by atoms with Gasteiger partial charge in [0, 0.05) is 11.3 Å². The van der Waals surface area contributed by atoms with E-state index >= 15 is 0 Å². The first-order valence-electron chi connectivity index (χ1n) is 11.2. The van der Waals surface area contributed by atoms with E-state index in [1.807, 2.05) is 63.2 Å². The van der Waals surface area contributed by atoms with E-state index in [1.165, 1.54) is 11.3 Å². The zero-order chi connectivity index (χ0) is 24.1. The highest BCUT2D eigenvalue weighted by molar-refractivity contribution is 7.18. The monoisotopic (exact) mass is 481 g/mol. The molecule has 1 aliphatic rings. The van der Waals surface area contributed by atoms with E-state index in [-0.39, 0.29) is 18.6 Å². The van der Waals surface area contributed by atoms with Crippen molar-refractivity contribution in [3.8, 4) is 22.1 Å². The molecule has 3 aromatic rings. The summed E-state index contributed by atoms with van der Waals surface area (Å²) >= 11 is 1.24. The molecule has 2 atom stereocenters. The number of ether oxygens (including phenoxy) is 2. The van der Waals surface area contributed by atoms with Crippen LogP contribution < -0.4 is 25.4 Å². The molecule has 2 aromatic carbocycles. The highest BCUT2D eigenvalue weighted by atomic mass is 32.1. The lowest BCUT2D eigenvalue weighted by Crippen LogP contribution is -2.49. The molecular weight excluding hydrogens is 454 g/mol. The lowest BCUT2D eigenvalue weighted by molar-refractivity contribution is -0.119. The number of aromatic nitrogens is 2. The Hall–Kier alpha value is -3.66. The van der Waals surface area contributed by atoms with Crippen molar-refractivity contribution in [3.63, 3.8) is 0 Å². The molecule has 3 amide bonds. The Kier molecular flexibility index (Phi) is 7.27. The van der Waals surface area contributed by atoms with Gasteiger partial charge >= 0.3 is 6.03 Å². The summed E-state index contributed by atoms with van der Waals surface area (Å²) in [7, 11) is 0. The average molecular weight is 482 g/mol. The number of aryl methyl sites for hydroxylation is 1. The van der Waals surface area contributed by atoms with E-state index in [0.717, 1.165) is 23.2 Å². The van der Waals surface area contributed by atoms with E-state index in [0.29, 0.717) is 28.1 Å². The molecule has 2 unspecified atom stereocenters. The van der Waals surface area contributed by atoms with E-state index in [9.17, 15) is 9.59 Å². The molecule has 178 valence electrons. The standard InChI is InChI=1S/C24H27N5O4S/c1-4-14(3)20(26-23(31)25-17-9-7-6-8-15(17)5-2)21(30)27-24-29-28-22(34-24)16-10-11-18-19(12-16)33-13-32-18/h6-12,14,20H,4-5,13H2,1-3H3,(H2,25,26,31)(H,27,29,30). The number of urea groups is 1. The van der Waals surface area contributed by atoms with Crippen LogP contribution in [0.5, 0.6) is 11.5 Å². The summed E-state index contributed by atoms with van der Waals surface area (Å²) in [6.07, 6.45) is 1.50. The first-order valence-corrected chi connectivity index (χ1v) is 12.0. The molecule has 0 saturated carbocycles. The zero-order valence-corrected chi connectivity index (χ0v) is 20.1. The molecule has 0 saturated heterocycles. The molecule has 0 spiro atoms. The number of rotatable bonds is 8. The molecule has 0 aliphatic carbocycles. The van der Waals surface area contributed by atoms with Gasteiger partial charge in [0.25, 0.3) is 0 Å².